The summed E-state index contributed by atoms with van der Waals surface area (Å²) in [6, 6.07) is 7.66. The molecule has 3 nitrogen and oxygen atoms in total. The molecule has 2 atom stereocenters. The lowest BCUT2D eigenvalue weighted by molar-refractivity contribution is 0.0532. The van der Waals surface area contributed by atoms with Crippen molar-refractivity contribution in [2.24, 2.45) is 0 Å². The van der Waals surface area contributed by atoms with Crippen molar-refractivity contribution in [2.75, 3.05) is 19.6 Å². The molecule has 0 bridgehead atoms. The summed E-state index contributed by atoms with van der Waals surface area (Å²) < 4.78 is 0. The maximum absolute atomic E-state index is 4.44. The van der Waals surface area contributed by atoms with E-state index in [0.29, 0.717) is 6.04 Å². The molecular formula is C14H21N3. The molecule has 2 aliphatic rings. The third-order valence-electron chi connectivity index (χ3n) is 4.16. The van der Waals surface area contributed by atoms with Gasteiger partial charge in [0.1, 0.15) is 0 Å². The van der Waals surface area contributed by atoms with E-state index in [1.165, 1.54) is 38.2 Å². The lowest BCUT2D eigenvalue weighted by atomic mass is 10.1. The SMILES string of the molecule is CC1CN2CCCC2CN1Cc1ccccn1. The molecule has 0 saturated carbocycles. The molecule has 1 aromatic rings. The van der Waals surface area contributed by atoms with E-state index in [4.69, 9.17) is 0 Å². The summed E-state index contributed by atoms with van der Waals surface area (Å²) in [5.74, 6) is 0. The minimum Gasteiger partial charge on any atom is -0.298 e. The molecule has 2 fully saturated rings. The monoisotopic (exact) mass is 231 g/mol. The Bertz CT molecular complexity index is 365. The first-order valence-electron chi connectivity index (χ1n) is 6.71. The van der Waals surface area contributed by atoms with Gasteiger partial charge in [0.05, 0.1) is 5.69 Å². The summed E-state index contributed by atoms with van der Waals surface area (Å²) in [5.41, 5.74) is 1.20. The Morgan fingerprint density at radius 3 is 3.12 bits per heavy atom. The predicted octanol–water partition coefficient (Wildman–Crippen LogP) is 1.75. The standard InChI is InChI=1S/C14H21N3/c1-12-9-16-8-4-6-14(16)11-17(12)10-13-5-2-3-7-15-13/h2-3,5,7,12,14H,4,6,8-11H2,1H3. The molecule has 2 unspecified atom stereocenters. The van der Waals surface area contributed by atoms with Crippen molar-refractivity contribution >= 4 is 0 Å². The number of nitrogens with zero attached hydrogens (tertiary/aromatic N) is 3. The van der Waals surface area contributed by atoms with Gasteiger partial charge in [-0.2, -0.15) is 0 Å². The summed E-state index contributed by atoms with van der Waals surface area (Å²) in [5, 5.41) is 0. The van der Waals surface area contributed by atoms with Crippen molar-refractivity contribution in [2.45, 2.75) is 38.4 Å². The smallest absolute Gasteiger partial charge is 0.0544 e. The number of aromatic nitrogens is 1. The minimum absolute atomic E-state index is 0.659. The molecule has 3 heteroatoms. The van der Waals surface area contributed by atoms with E-state index >= 15 is 0 Å². The summed E-state index contributed by atoms with van der Waals surface area (Å²) in [6.07, 6.45) is 4.66. The van der Waals surface area contributed by atoms with Crippen LogP contribution in [-0.4, -0.2) is 46.5 Å². The molecule has 3 rings (SSSR count). The van der Waals surface area contributed by atoms with Gasteiger partial charge in [-0.15, -0.1) is 0 Å². The molecule has 0 amide bonds. The Morgan fingerprint density at radius 1 is 1.35 bits per heavy atom. The highest BCUT2D eigenvalue weighted by atomic mass is 15.3. The average Bonchev–Trinajstić information content (AvgIpc) is 2.78. The van der Waals surface area contributed by atoms with Crippen molar-refractivity contribution in [3.63, 3.8) is 0 Å². The van der Waals surface area contributed by atoms with Gasteiger partial charge >= 0.3 is 0 Å². The predicted molar refractivity (Wildman–Crippen MR) is 68.7 cm³/mol. The fourth-order valence-electron chi connectivity index (χ4n) is 3.17. The maximum Gasteiger partial charge on any atom is 0.0544 e. The number of fused-ring (bicyclic) bond motifs is 1. The lowest BCUT2D eigenvalue weighted by Gasteiger charge is -2.42. The summed E-state index contributed by atoms with van der Waals surface area (Å²) in [4.78, 5) is 9.70. The highest BCUT2D eigenvalue weighted by Gasteiger charge is 2.34. The van der Waals surface area contributed by atoms with Gasteiger partial charge in [-0.1, -0.05) is 6.07 Å². The van der Waals surface area contributed by atoms with Gasteiger partial charge in [-0.05, 0) is 38.4 Å². The number of rotatable bonds is 2. The molecule has 0 aliphatic carbocycles. The average molecular weight is 231 g/mol. The van der Waals surface area contributed by atoms with Crippen LogP contribution >= 0.6 is 0 Å². The highest BCUT2D eigenvalue weighted by Crippen LogP contribution is 2.25. The quantitative estimate of drug-likeness (QED) is 0.773. The summed E-state index contributed by atoms with van der Waals surface area (Å²) >= 11 is 0. The largest absolute Gasteiger partial charge is 0.298 e. The van der Waals surface area contributed by atoms with Crippen LogP contribution in [0.1, 0.15) is 25.5 Å². The zero-order chi connectivity index (χ0) is 11.7. The molecule has 3 heterocycles. The first-order chi connectivity index (χ1) is 8.33. The van der Waals surface area contributed by atoms with E-state index in [-0.39, 0.29) is 0 Å². The van der Waals surface area contributed by atoms with Crippen LogP contribution in [0.25, 0.3) is 0 Å². The van der Waals surface area contributed by atoms with Gasteiger partial charge < -0.3 is 0 Å². The van der Waals surface area contributed by atoms with E-state index < -0.39 is 0 Å². The van der Waals surface area contributed by atoms with Crippen LogP contribution in [0.3, 0.4) is 0 Å². The van der Waals surface area contributed by atoms with Gasteiger partial charge in [-0.25, -0.2) is 0 Å². The van der Waals surface area contributed by atoms with Crippen LogP contribution in [0.2, 0.25) is 0 Å². The van der Waals surface area contributed by atoms with Crippen molar-refractivity contribution in [3.8, 4) is 0 Å². The molecule has 1 aromatic heterocycles. The minimum atomic E-state index is 0.659. The summed E-state index contributed by atoms with van der Waals surface area (Å²) in [7, 11) is 0. The van der Waals surface area contributed by atoms with Crippen LogP contribution in [-0.2, 0) is 6.54 Å². The van der Waals surface area contributed by atoms with Gasteiger partial charge in [0.25, 0.3) is 0 Å². The molecule has 2 aliphatic heterocycles. The number of hydrogen-bond acceptors (Lipinski definition) is 3. The second-order valence-corrected chi connectivity index (χ2v) is 5.39. The topological polar surface area (TPSA) is 19.4 Å². The third-order valence-corrected chi connectivity index (χ3v) is 4.16. The molecule has 92 valence electrons. The van der Waals surface area contributed by atoms with E-state index in [9.17, 15) is 0 Å². The lowest BCUT2D eigenvalue weighted by Crippen LogP contribution is -2.54. The number of hydrogen-bond donors (Lipinski definition) is 0. The Balaban J connectivity index is 1.67. The molecule has 0 radical (unpaired) electrons. The second kappa shape index (κ2) is 4.75. The number of piperazine rings is 1. The Hall–Kier alpha value is -0.930. The molecule has 0 spiro atoms. The molecule has 17 heavy (non-hydrogen) atoms. The third kappa shape index (κ3) is 2.35. The van der Waals surface area contributed by atoms with E-state index in [0.717, 1.165) is 12.6 Å². The zero-order valence-corrected chi connectivity index (χ0v) is 10.5. The number of pyridine rings is 1. The maximum atomic E-state index is 4.44. The van der Waals surface area contributed by atoms with Crippen LogP contribution in [0.15, 0.2) is 24.4 Å². The first-order valence-corrected chi connectivity index (χ1v) is 6.71. The Kier molecular flexibility index (Phi) is 3.12. The van der Waals surface area contributed by atoms with E-state index in [1.54, 1.807) is 0 Å². The highest BCUT2D eigenvalue weighted by molar-refractivity contribution is 5.04. The molecular weight excluding hydrogens is 210 g/mol. The Morgan fingerprint density at radius 2 is 2.29 bits per heavy atom. The van der Waals surface area contributed by atoms with Crippen molar-refractivity contribution in [3.05, 3.63) is 30.1 Å². The second-order valence-electron chi connectivity index (χ2n) is 5.39. The first kappa shape index (κ1) is 11.2. The van der Waals surface area contributed by atoms with Gasteiger partial charge in [-0.3, -0.25) is 14.8 Å². The fraction of sp³-hybridized carbons (Fsp3) is 0.643. The summed E-state index contributed by atoms with van der Waals surface area (Å²) in [6.45, 7) is 7.12. The van der Waals surface area contributed by atoms with E-state index in [2.05, 4.69) is 33.8 Å². The fourth-order valence-corrected chi connectivity index (χ4v) is 3.17. The zero-order valence-electron chi connectivity index (χ0n) is 10.5. The normalized spacial score (nSPS) is 30.4. The molecule has 2 saturated heterocycles. The van der Waals surface area contributed by atoms with Crippen LogP contribution in [0.5, 0.6) is 0 Å². The molecule has 0 aromatic carbocycles. The molecule has 0 N–H and O–H groups in total. The van der Waals surface area contributed by atoms with Gasteiger partial charge in [0, 0.05) is 37.9 Å². The van der Waals surface area contributed by atoms with Crippen LogP contribution < -0.4 is 0 Å². The van der Waals surface area contributed by atoms with Crippen LogP contribution in [0, 0.1) is 0 Å². The van der Waals surface area contributed by atoms with Crippen molar-refractivity contribution in [1.82, 2.24) is 14.8 Å². The van der Waals surface area contributed by atoms with Crippen molar-refractivity contribution in [1.29, 1.82) is 0 Å². The van der Waals surface area contributed by atoms with Crippen molar-refractivity contribution < 1.29 is 0 Å². The van der Waals surface area contributed by atoms with Gasteiger partial charge in [0.2, 0.25) is 0 Å². The van der Waals surface area contributed by atoms with Crippen LogP contribution in [0.4, 0.5) is 0 Å². The van der Waals surface area contributed by atoms with E-state index in [1.807, 2.05) is 12.3 Å². The Labute approximate surface area is 103 Å². The van der Waals surface area contributed by atoms with Gasteiger partial charge in [0.15, 0.2) is 0 Å².